The van der Waals surface area contributed by atoms with Crippen molar-refractivity contribution in [2.75, 3.05) is 13.1 Å². The van der Waals surface area contributed by atoms with Gasteiger partial charge in [-0.15, -0.1) is 0 Å². The van der Waals surface area contributed by atoms with E-state index in [4.69, 9.17) is 0 Å². The molecule has 1 amide bonds. The number of aliphatic carboxylic acids is 1. The van der Waals surface area contributed by atoms with Crippen LogP contribution in [0.3, 0.4) is 0 Å². The van der Waals surface area contributed by atoms with E-state index in [0.717, 1.165) is 32.2 Å². The molecular weight excluding hydrogens is 244 g/mol. The Morgan fingerprint density at radius 3 is 2.53 bits per heavy atom. The molecule has 1 unspecified atom stereocenters. The van der Waals surface area contributed by atoms with Crippen LogP contribution in [0.4, 0.5) is 0 Å². The number of carboxylic acid groups (broad SMARTS) is 1. The molecule has 1 aliphatic rings. The van der Waals surface area contributed by atoms with Gasteiger partial charge in [-0.25, -0.2) is 4.79 Å². The molecule has 1 fully saturated rings. The van der Waals surface area contributed by atoms with Gasteiger partial charge in [0.2, 0.25) is 5.91 Å². The molecule has 1 heterocycles. The molecule has 0 radical (unpaired) electrons. The Morgan fingerprint density at radius 2 is 2.11 bits per heavy atom. The lowest BCUT2D eigenvalue weighted by Gasteiger charge is -2.37. The minimum Gasteiger partial charge on any atom is -0.480 e. The summed E-state index contributed by atoms with van der Waals surface area (Å²) in [6.45, 7) is 7.26. The second kappa shape index (κ2) is 6.89. The van der Waals surface area contributed by atoms with Gasteiger partial charge < -0.3 is 15.7 Å². The van der Waals surface area contributed by atoms with Crippen molar-refractivity contribution >= 4 is 11.9 Å². The highest BCUT2D eigenvalue weighted by Crippen LogP contribution is 2.32. The molecule has 0 bridgehead atoms. The fourth-order valence-corrected chi connectivity index (χ4v) is 2.77. The van der Waals surface area contributed by atoms with Crippen LogP contribution >= 0.6 is 0 Å². The molecule has 1 aliphatic heterocycles. The fourth-order valence-electron chi connectivity index (χ4n) is 2.77. The first kappa shape index (κ1) is 16.0. The normalized spacial score (nSPS) is 25.1. The second-order valence-corrected chi connectivity index (χ2v) is 5.84. The zero-order valence-electron chi connectivity index (χ0n) is 12.2. The summed E-state index contributed by atoms with van der Waals surface area (Å²) in [5, 5.41) is 15.2. The van der Waals surface area contributed by atoms with Crippen molar-refractivity contribution in [3.05, 3.63) is 0 Å². The van der Waals surface area contributed by atoms with Crippen molar-refractivity contribution in [3.63, 3.8) is 0 Å². The van der Waals surface area contributed by atoms with Crippen LogP contribution in [0.2, 0.25) is 0 Å². The highest BCUT2D eigenvalue weighted by Gasteiger charge is 2.40. The number of rotatable bonds is 6. The van der Waals surface area contributed by atoms with Gasteiger partial charge in [-0.1, -0.05) is 27.2 Å². The molecule has 1 saturated heterocycles. The highest BCUT2D eigenvalue weighted by molar-refractivity contribution is 5.87. The maximum Gasteiger partial charge on any atom is 0.326 e. The summed E-state index contributed by atoms with van der Waals surface area (Å²) in [6.07, 6.45) is 3.53. The standard InChI is InChI=1S/C14H26N2O3/c1-4-6-14(7-5-8-15-9-14)13(19)16-11(10(2)3)12(17)18/h10-11,15H,4-9H2,1-3H3,(H,16,19)(H,17,18)/t11-,14?/m0/s1. The van der Waals surface area contributed by atoms with Crippen LogP contribution in [0.25, 0.3) is 0 Å². The first-order valence-corrected chi connectivity index (χ1v) is 7.17. The Labute approximate surface area is 115 Å². The van der Waals surface area contributed by atoms with Crippen LogP contribution in [0.15, 0.2) is 0 Å². The zero-order chi connectivity index (χ0) is 14.5. The van der Waals surface area contributed by atoms with E-state index in [2.05, 4.69) is 17.6 Å². The van der Waals surface area contributed by atoms with Gasteiger partial charge in [0.25, 0.3) is 0 Å². The SMILES string of the molecule is CCCC1(C(=O)N[C@H](C(=O)O)C(C)C)CCCNC1. The molecule has 110 valence electrons. The molecule has 2 atom stereocenters. The number of carbonyl (C=O) groups is 2. The summed E-state index contributed by atoms with van der Waals surface area (Å²) in [4.78, 5) is 23.7. The lowest BCUT2D eigenvalue weighted by molar-refractivity contribution is -0.145. The number of carbonyl (C=O) groups excluding carboxylic acids is 1. The molecule has 0 aromatic rings. The van der Waals surface area contributed by atoms with Gasteiger partial charge in [0.05, 0.1) is 5.41 Å². The van der Waals surface area contributed by atoms with Crippen LogP contribution in [-0.2, 0) is 9.59 Å². The molecule has 1 rings (SSSR count). The smallest absolute Gasteiger partial charge is 0.326 e. The zero-order valence-corrected chi connectivity index (χ0v) is 12.2. The van der Waals surface area contributed by atoms with Crippen LogP contribution in [0, 0.1) is 11.3 Å². The molecule has 0 saturated carbocycles. The summed E-state index contributed by atoms with van der Waals surface area (Å²) in [5.41, 5.74) is -0.435. The third-order valence-electron chi connectivity index (χ3n) is 3.90. The lowest BCUT2D eigenvalue weighted by atomic mass is 9.76. The van der Waals surface area contributed by atoms with Crippen LogP contribution < -0.4 is 10.6 Å². The summed E-state index contributed by atoms with van der Waals surface area (Å²) in [6, 6.07) is -0.803. The van der Waals surface area contributed by atoms with Crippen molar-refractivity contribution < 1.29 is 14.7 Å². The van der Waals surface area contributed by atoms with E-state index < -0.39 is 17.4 Å². The number of piperidine rings is 1. The minimum atomic E-state index is -0.959. The number of hydrogen-bond acceptors (Lipinski definition) is 3. The Bertz CT molecular complexity index is 317. The van der Waals surface area contributed by atoms with E-state index in [1.165, 1.54) is 0 Å². The Hall–Kier alpha value is -1.10. The number of hydrogen-bond donors (Lipinski definition) is 3. The maximum atomic E-state index is 12.5. The monoisotopic (exact) mass is 270 g/mol. The number of amides is 1. The fraction of sp³-hybridized carbons (Fsp3) is 0.857. The third kappa shape index (κ3) is 3.93. The third-order valence-corrected chi connectivity index (χ3v) is 3.90. The molecule has 0 aromatic heterocycles. The van der Waals surface area contributed by atoms with Gasteiger partial charge in [-0.3, -0.25) is 4.79 Å². The van der Waals surface area contributed by atoms with Crippen molar-refractivity contribution in [3.8, 4) is 0 Å². The summed E-state index contributed by atoms with van der Waals surface area (Å²) >= 11 is 0. The number of nitrogens with one attached hydrogen (secondary N) is 2. The van der Waals surface area contributed by atoms with Gasteiger partial charge in [0.15, 0.2) is 0 Å². The highest BCUT2D eigenvalue weighted by atomic mass is 16.4. The average molecular weight is 270 g/mol. The van der Waals surface area contributed by atoms with Crippen LogP contribution in [0.1, 0.15) is 46.5 Å². The van der Waals surface area contributed by atoms with Crippen molar-refractivity contribution in [2.24, 2.45) is 11.3 Å². The van der Waals surface area contributed by atoms with Gasteiger partial charge in [-0.2, -0.15) is 0 Å². The van der Waals surface area contributed by atoms with Crippen molar-refractivity contribution in [1.29, 1.82) is 0 Å². The maximum absolute atomic E-state index is 12.5. The van der Waals surface area contributed by atoms with E-state index in [1.54, 1.807) is 0 Å². The van der Waals surface area contributed by atoms with Crippen molar-refractivity contribution in [2.45, 2.75) is 52.5 Å². The predicted molar refractivity (Wildman–Crippen MR) is 73.8 cm³/mol. The topological polar surface area (TPSA) is 78.4 Å². The number of carboxylic acids is 1. The molecule has 19 heavy (non-hydrogen) atoms. The van der Waals surface area contributed by atoms with E-state index in [1.807, 2.05) is 13.8 Å². The lowest BCUT2D eigenvalue weighted by Crippen LogP contribution is -2.55. The molecular formula is C14H26N2O3. The van der Waals surface area contributed by atoms with Gasteiger partial charge >= 0.3 is 5.97 Å². The first-order valence-electron chi connectivity index (χ1n) is 7.17. The van der Waals surface area contributed by atoms with E-state index in [-0.39, 0.29) is 11.8 Å². The molecule has 0 spiro atoms. The summed E-state index contributed by atoms with van der Waals surface area (Å²) < 4.78 is 0. The molecule has 0 aromatic carbocycles. The first-order chi connectivity index (χ1) is 8.93. The Morgan fingerprint density at radius 1 is 1.42 bits per heavy atom. The largest absolute Gasteiger partial charge is 0.480 e. The van der Waals surface area contributed by atoms with Gasteiger partial charge in [0.1, 0.15) is 6.04 Å². The van der Waals surface area contributed by atoms with Crippen LogP contribution in [-0.4, -0.2) is 36.1 Å². The second-order valence-electron chi connectivity index (χ2n) is 5.84. The van der Waals surface area contributed by atoms with Crippen LogP contribution in [0.5, 0.6) is 0 Å². The van der Waals surface area contributed by atoms with E-state index in [0.29, 0.717) is 6.54 Å². The van der Waals surface area contributed by atoms with Gasteiger partial charge in [-0.05, 0) is 31.7 Å². The molecule has 3 N–H and O–H groups in total. The van der Waals surface area contributed by atoms with E-state index >= 15 is 0 Å². The average Bonchev–Trinajstić information content (AvgIpc) is 2.36. The predicted octanol–water partition coefficient (Wildman–Crippen LogP) is 1.38. The minimum absolute atomic E-state index is 0.109. The molecule has 5 heteroatoms. The van der Waals surface area contributed by atoms with Crippen molar-refractivity contribution in [1.82, 2.24) is 10.6 Å². The quantitative estimate of drug-likeness (QED) is 0.681. The Balaban J connectivity index is 2.79. The summed E-state index contributed by atoms with van der Waals surface area (Å²) in [7, 11) is 0. The van der Waals surface area contributed by atoms with Gasteiger partial charge in [0, 0.05) is 6.54 Å². The van der Waals surface area contributed by atoms with E-state index in [9.17, 15) is 14.7 Å². The Kier molecular flexibility index (Phi) is 5.79. The molecule has 0 aliphatic carbocycles. The molecule has 5 nitrogen and oxygen atoms in total. The summed E-state index contributed by atoms with van der Waals surface area (Å²) in [5.74, 6) is -1.18.